The second kappa shape index (κ2) is 5.30. The monoisotopic (exact) mass is 310 g/mol. The number of hydrogen-bond donors (Lipinski definition) is 1. The van der Waals surface area contributed by atoms with Crippen molar-refractivity contribution in [2.45, 2.75) is 30.0 Å². The van der Waals surface area contributed by atoms with Gasteiger partial charge in [0.1, 0.15) is 10.6 Å². The highest BCUT2D eigenvalue weighted by Crippen LogP contribution is 2.28. The van der Waals surface area contributed by atoms with Crippen LogP contribution < -0.4 is 0 Å². The Morgan fingerprint density at radius 3 is 2.55 bits per heavy atom. The average Bonchev–Trinajstić information content (AvgIpc) is 2.38. The van der Waals surface area contributed by atoms with Crippen molar-refractivity contribution in [3.8, 4) is 0 Å². The lowest BCUT2D eigenvalue weighted by molar-refractivity contribution is -0.141. The second-order valence-corrected chi connectivity index (χ2v) is 6.47. The maximum absolute atomic E-state index is 12.4. The molecular weight excluding hydrogens is 297 g/mol. The Labute approximate surface area is 114 Å². The normalized spacial score (nSPS) is 21.9. The van der Waals surface area contributed by atoms with Gasteiger partial charge in [0.05, 0.1) is 6.10 Å². The number of hydrogen-bond acceptors (Lipinski definition) is 4. The first kappa shape index (κ1) is 15.2. The number of β-amino-alcohol motifs (C(OH)–C–C–N with tert-alkyl or cyclic N) is 1. The first-order valence-corrected chi connectivity index (χ1v) is 7.37. The minimum absolute atomic E-state index is 0.0522. The Kier molecular flexibility index (Phi) is 4.03. The molecule has 1 aliphatic heterocycles. The molecule has 20 heavy (non-hydrogen) atoms. The predicted molar refractivity (Wildman–Crippen MR) is 63.2 cm³/mol. The molecule has 0 aliphatic carbocycles. The third kappa shape index (κ3) is 3.10. The van der Waals surface area contributed by atoms with E-state index in [0.29, 0.717) is 25.1 Å². The third-order valence-corrected chi connectivity index (χ3v) is 4.87. The van der Waals surface area contributed by atoms with Gasteiger partial charge in [0.2, 0.25) is 10.0 Å². The van der Waals surface area contributed by atoms with Crippen molar-refractivity contribution in [2.75, 3.05) is 13.1 Å². The zero-order chi connectivity index (χ0) is 15.0. The molecule has 112 valence electrons. The Morgan fingerprint density at radius 2 is 2.05 bits per heavy atom. The Bertz CT molecular complexity index is 572. The highest BCUT2D eigenvalue weighted by atomic mass is 32.2. The van der Waals surface area contributed by atoms with E-state index >= 15 is 0 Å². The van der Waals surface area contributed by atoms with Gasteiger partial charge in [0.25, 0.3) is 0 Å². The van der Waals surface area contributed by atoms with Crippen LogP contribution in [0.3, 0.4) is 0 Å². The Hall–Kier alpha value is -1.19. The first-order valence-electron chi connectivity index (χ1n) is 5.93. The van der Waals surface area contributed by atoms with Crippen LogP contribution in [0.1, 0.15) is 18.5 Å². The van der Waals surface area contributed by atoms with Crippen molar-refractivity contribution in [2.24, 2.45) is 0 Å². The number of nitrogens with zero attached hydrogens (tertiary/aromatic N) is 2. The van der Waals surface area contributed by atoms with Crippen LogP contribution in [-0.4, -0.2) is 42.0 Å². The summed E-state index contributed by atoms with van der Waals surface area (Å²) in [4.78, 5) is 2.83. The summed E-state index contributed by atoms with van der Waals surface area (Å²) in [7, 11) is -3.91. The minimum atomic E-state index is -4.61. The molecule has 0 unspecified atom stereocenters. The zero-order valence-electron chi connectivity index (χ0n) is 10.3. The lowest BCUT2D eigenvalue weighted by Crippen LogP contribution is -2.42. The van der Waals surface area contributed by atoms with Crippen molar-refractivity contribution in [3.05, 3.63) is 24.0 Å². The van der Waals surface area contributed by atoms with Crippen molar-refractivity contribution >= 4 is 10.0 Å². The number of pyridine rings is 1. The molecule has 0 radical (unpaired) electrons. The summed E-state index contributed by atoms with van der Waals surface area (Å²) in [5.74, 6) is 0. The molecule has 0 saturated carbocycles. The lowest BCUT2D eigenvalue weighted by Gasteiger charge is -2.29. The Balaban J connectivity index is 2.26. The average molecular weight is 310 g/mol. The molecule has 0 spiro atoms. The fourth-order valence-corrected chi connectivity index (χ4v) is 3.45. The molecule has 2 rings (SSSR count). The maximum Gasteiger partial charge on any atom is 0.433 e. The van der Waals surface area contributed by atoms with E-state index in [2.05, 4.69) is 4.98 Å². The quantitative estimate of drug-likeness (QED) is 0.892. The van der Waals surface area contributed by atoms with E-state index in [-0.39, 0.29) is 18.0 Å². The molecule has 2 heterocycles. The summed E-state index contributed by atoms with van der Waals surface area (Å²) in [6.45, 7) is 0.184. The van der Waals surface area contributed by atoms with Gasteiger partial charge in [-0.15, -0.1) is 0 Å². The summed E-state index contributed by atoms with van der Waals surface area (Å²) < 4.78 is 62.5. The molecule has 1 N–H and O–H groups in total. The molecule has 1 saturated heterocycles. The molecule has 1 aromatic rings. The minimum Gasteiger partial charge on any atom is -0.392 e. The highest BCUT2D eigenvalue weighted by Gasteiger charge is 2.34. The van der Waals surface area contributed by atoms with Gasteiger partial charge in [0.15, 0.2) is 0 Å². The number of sulfonamides is 1. The number of aliphatic hydroxyl groups is 1. The van der Waals surface area contributed by atoms with Crippen LogP contribution >= 0.6 is 0 Å². The fourth-order valence-electron chi connectivity index (χ4n) is 1.99. The lowest BCUT2D eigenvalue weighted by atomic mass is 10.1. The summed E-state index contributed by atoms with van der Waals surface area (Å²) >= 11 is 0. The van der Waals surface area contributed by atoms with E-state index in [1.165, 1.54) is 0 Å². The van der Waals surface area contributed by atoms with E-state index < -0.39 is 28.0 Å². The van der Waals surface area contributed by atoms with Crippen LogP contribution in [0.4, 0.5) is 13.2 Å². The molecular formula is C11H13F3N2O3S. The summed E-state index contributed by atoms with van der Waals surface area (Å²) in [5.41, 5.74) is -1.14. The summed E-state index contributed by atoms with van der Waals surface area (Å²) in [6, 6.07) is 1.51. The van der Waals surface area contributed by atoms with E-state index in [0.717, 1.165) is 10.4 Å². The number of halogens is 3. The van der Waals surface area contributed by atoms with Gasteiger partial charge >= 0.3 is 6.18 Å². The van der Waals surface area contributed by atoms with Crippen molar-refractivity contribution in [3.63, 3.8) is 0 Å². The second-order valence-electron chi connectivity index (χ2n) is 4.54. The molecule has 1 fully saturated rings. The molecule has 1 aliphatic rings. The summed E-state index contributed by atoms with van der Waals surface area (Å²) in [6.07, 6.45) is -3.64. The van der Waals surface area contributed by atoms with E-state index in [9.17, 15) is 26.7 Å². The van der Waals surface area contributed by atoms with Crippen LogP contribution in [0.5, 0.6) is 0 Å². The van der Waals surface area contributed by atoms with Crippen LogP contribution in [0.2, 0.25) is 0 Å². The van der Waals surface area contributed by atoms with Crippen molar-refractivity contribution in [1.29, 1.82) is 0 Å². The van der Waals surface area contributed by atoms with Gasteiger partial charge < -0.3 is 5.11 Å². The van der Waals surface area contributed by atoms with E-state index in [1.807, 2.05) is 0 Å². The number of aliphatic hydroxyl groups excluding tert-OH is 1. The van der Waals surface area contributed by atoms with Gasteiger partial charge in [-0.05, 0) is 25.0 Å². The van der Waals surface area contributed by atoms with Gasteiger partial charge in [-0.1, -0.05) is 0 Å². The molecule has 9 heteroatoms. The van der Waals surface area contributed by atoms with Gasteiger partial charge in [-0.2, -0.15) is 17.5 Å². The van der Waals surface area contributed by atoms with Gasteiger partial charge in [-0.25, -0.2) is 8.42 Å². The zero-order valence-corrected chi connectivity index (χ0v) is 11.2. The highest BCUT2D eigenvalue weighted by molar-refractivity contribution is 7.89. The van der Waals surface area contributed by atoms with E-state index in [1.54, 1.807) is 0 Å². The number of piperidine rings is 1. The molecule has 1 aromatic heterocycles. The SMILES string of the molecule is O=S(=O)(c1ccc(C(F)(F)F)nc1)N1CCC[C@@H](O)C1. The van der Waals surface area contributed by atoms with Crippen LogP contribution in [-0.2, 0) is 16.2 Å². The smallest absolute Gasteiger partial charge is 0.392 e. The topological polar surface area (TPSA) is 70.5 Å². The van der Waals surface area contributed by atoms with Crippen LogP contribution in [0, 0.1) is 0 Å². The number of rotatable bonds is 2. The number of alkyl halides is 3. The van der Waals surface area contributed by atoms with Gasteiger partial charge in [-0.3, -0.25) is 4.98 Å². The molecule has 1 atom stereocenters. The first-order chi connectivity index (χ1) is 9.21. The van der Waals surface area contributed by atoms with Gasteiger partial charge in [0, 0.05) is 19.3 Å². The molecule has 5 nitrogen and oxygen atoms in total. The fraction of sp³-hybridized carbons (Fsp3) is 0.545. The molecule has 0 bridgehead atoms. The van der Waals surface area contributed by atoms with Crippen LogP contribution in [0.15, 0.2) is 23.2 Å². The maximum atomic E-state index is 12.4. The molecule has 0 aromatic carbocycles. The Morgan fingerprint density at radius 1 is 1.35 bits per heavy atom. The third-order valence-electron chi connectivity index (χ3n) is 3.02. The standard InChI is InChI=1S/C11H13F3N2O3S/c12-11(13,14)10-4-3-9(6-15-10)20(18,19)16-5-1-2-8(17)7-16/h3-4,6,8,17H,1-2,5,7H2/t8-/m1/s1. The summed E-state index contributed by atoms with van der Waals surface area (Å²) in [5, 5.41) is 9.47. The number of aromatic nitrogens is 1. The van der Waals surface area contributed by atoms with Crippen molar-refractivity contribution < 1.29 is 26.7 Å². The van der Waals surface area contributed by atoms with Crippen molar-refractivity contribution in [1.82, 2.24) is 9.29 Å². The largest absolute Gasteiger partial charge is 0.433 e. The van der Waals surface area contributed by atoms with E-state index in [4.69, 9.17) is 0 Å². The predicted octanol–water partition coefficient (Wildman–Crippen LogP) is 1.25. The van der Waals surface area contributed by atoms with Crippen LogP contribution in [0.25, 0.3) is 0 Å². The molecule has 0 amide bonds.